The molecule has 0 saturated carbocycles. The lowest BCUT2D eigenvalue weighted by Gasteiger charge is -2.40. The molecule has 44 heavy (non-hydrogen) atoms. The maximum absolute atomic E-state index is 12.9. The molecule has 2 fully saturated rings. The number of rotatable bonds is 4. The van der Waals surface area contributed by atoms with E-state index >= 15 is 0 Å². The Balaban J connectivity index is 0.000000317. The average molecular weight is 634 g/mol. The van der Waals surface area contributed by atoms with Crippen LogP contribution in [0.15, 0.2) is 48.8 Å². The smallest absolute Gasteiger partial charge is 0.475 e. The first-order valence-corrected chi connectivity index (χ1v) is 13.8. The number of halogens is 6. The van der Waals surface area contributed by atoms with E-state index in [0.717, 1.165) is 39.1 Å². The maximum atomic E-state index is 12.9. The summed E-state index contributed by atoms with van der Waals surface area (Å²) in [6, 6.07) is 13.1. The first-order chi connectivity index (χ1) is 20.6. The Morgan fingerprint density at radius 2 is 1.45 bits per heavy atom. The van der Waals surface area contributed by atoms with Crippen molar-refractivity contribution in [2.24, 2.45) is 0 Å². The summed E-state index contributed by atoms with van der Waals surface area (Å²) < 4.78 is 68.9. The van der Waals surface area contributed by atoms with Crippen molar-refractivity contribution in [1.82, 2.24) is 14.8 Å². The Hall–Kier alpha value is -3.72. The summed E-state index contributed by atoms with van der Waals surface area (Å²) in [6.45, 7) is 6.00. The highest BCUT2D eigenvalue weighted by Crippen LogP contribution is 2.52. The van der Waals surface area contributed by atoms with E-state index in [1.807, 2.05) is 23.4 Å². The number of carboxylic acids is 2. The molecule has 5 rings (SSSR count). The molecule has 15 heteroatoms. The second kappa shape index (κ2) is 14.8. The number of carbonyl (C=O) groups excluding carboxylic acids is 1. The molecule has 1 unspecified atom stereocenters. The predicted molar refractivity (Wildman–Crippen MR) is 144 cm³/mol. The van der Waals surface area contributed by atoms with Crippen molar-refractivity contribution in [3.63, 3.8) is 0 Å². The van der Waals surface area contributed by atoms with Crippen LogP contribution in [0.5, 0.6) is 0 Å². The van der Waals surface area contributed by atoms with Crippen LogP contribution in [0.4, 0.5) is 26.3 Å². The number of ether oxygens (including phenoxy) is 1. The summed E-state index contributed by atoms with van der Waals surface area (Å²) >= 11 is 0. The molecule has 0 bridgehead atoms. The van der Waals surface area contributed by atoms with Crippen LogP contribution in [0.2, 0.25) is 0 Å². The lowest BCUT2D eigenvalue weighted by Crippen LogP contribution is -2.42. The standard InChI is InChI=1S/C25H31N3O2.2C2HF3O2/c29-24(28-12-14-30-15-13-28)16-21-17-25(23-6-2-1-5-22(21)23)7-10-27(11-8-25)19-20-4-3-9-26-18-20;2*3-2(4,5)1(6)7/h1-6,9,18,21H,7-8,10-17,19H2;2*(H,6,7). The van der Waals surface area contributed by atoms with Crippen LogP contribution >= 0.6 is 0 Å². The van der Waals surface area contributed by atoms with Gasteiger partial charge < -0.3 is 19.8 Å². The molecule has 1 aliphatic carbocycles. The van der Waals surface area contributed by atoms with Crippen LogP contribution in [-0.4, -0.2) is 94.6 Å². The summed E-state index contributed by atoms with van der Waals surface area (Å²) in [5.74, 6) is -4.87. The normalized spacial score (nSPS) is 19.6. The highest BCUT2D eigenvalue weighted by Gasteiger charge is 2.46. The van der Waals surface area contributed by atoms with Gasteiger partial charge in [0.05, 0.1) is 13.2 Å². The number of aromatic nitrogens is 1. The van der Waals surface area contributed by atoms with Crippen molar-refractivity contribution < 1.29 is 55.7 Å². The van der Waals surface area contributed by atoms with E-state index in [1.165, 1.54) is 29.5 Å². The number of hydrogen-bond acceptors (Lipinski definition) is 6. The Kier molecular flexibility index (Phi) is 11.7. The van der Waals surface area contributed by atoms with Crippen LogP contribution in [0.3, 0.4) is 0 Å². The molecule has 1 spiro atoms. The van der Waals surface area contributed by atoms with E-state index in [0.29, 0.717) is 31.5 Å². The minimum atomic E-state index is -5.08. The van der Waals surface area contributed by atoms with Crippen molar-refractivity contribution in [2.75, 3.05) is 39.4 Å². The number of nitrogens with zero attached hydrogens (tertiary/aromatic N) is 3. The number of aliphatic carboxylic acids is 2. The number of alkyl halides is 6. The summed E-state index contributed by atoms with van der Waals surface area (Å²) in [7, 11) is 0. The number of hydrogen-bond donors (Lipinski definition) is 2. The fourth-order valence-electron chi connectivity index (χ4n) is 5.72. The van der Waals surface area contributed by atoms with Crippen molar-refractivity contribution in [3.05, 3.63) is 65.5 Å². The van der Waals surface area contributed by atoms with Gasteiger partial charge in [0.25, 0.3) is 0 Å². The van der Waals surface area contributed by atoms with Crippen molar-refractivity contribution >= 4 is 17.8 Å². The Morgan fingerprint density at radius 3 is 1.98 bits per heavy atom. The van der Waals surface area contributed by atoms with E-state index in [9.17, 15) is 31.1 Å². The van der Waals surface area contributed by atoms with Gasteiger partial charge in [-0.1, -0.05) is 30.3 Å². The molecule has 0 radical (unpaired) electrons. The van der Waals surface area contributed by atoms with Gasteiger partial charge in [-0.15, -0.1) is 0 Å². The number of morpholine rings is 1. The second-order valence-corrected chi connectivity index (χ2v) is 10.7. The Morgan fingerprint density at radius 1 is 0.886 bits per heavy atom. The van der Waals surface area contributed by atoms with Gasteiger partial charge in [-0.05, 0) is 66.4 Å². The van der Waals surface area contributed by atoms with Crippen molar-refractivity contribution in [1.29, 1.82) is 0 Å². The Labute approximate surface area is 249 Å². The molecule has 3 aliphatic rings. The lowest BCUT2D eigenvalue weighted by molar-refractivity contribution is -0.193. The van der Waals surface area contributed by atoms with Gasteiger partial charge >= 0.3 is 24.3 Å². The molecule has 9 nitrogen and oxygen atoms in total. The molecule has 2 aliphatic heterocycles. The number of benzene rings is 1. The molecule has 2 saturated heterocycles. The summed E-state index contributed by atoms with van der Waals surface area (Å²) in [6.07, 6.45) is -2.26. The fourth-order valence-corrected chi connectivity index (χ4v) is 5.72. The number of pyridine rings is 1. The van der Waals surface area contributed by atoms with Gasteiger partial charge in [-0.25, -0.2) is 9.59 Å². The number of amides is 1. The third-order valence-electron chi connectivity index (χ3n) is 7.82. The largest absolute Gasteiger partial charge is 0.490 e. The molecule has 1 aromatic carbocycles. The molecule has 3 heterocycles. The highest BCUT2D eigenvalue weighted by molar-refractivity contribution is 5.77. The zero-order valence-corrected chi connectivity index (χ0v) is 23.6. The zero-order chi connectivity index (χ0) is 32.5. The van der Waals surface area contributed by atoms with Crippen LogP contribution in [0.25, 0.3) is 0 Å². The molecule has 1 amide bonds. The van der Waals surface area contributed by atoms with Crippen LogP contribution in [0.1, 0.15) is 48.3 Å². The molecule has 2 aromatic rings. The minimum Gasteiger partial charge on any atom is -0.475 e. The fraction of sp³-hybridized carbons (Fsp3) is 0.517. The highest BCUT2D eigenvalue weighted by atomic mass is 19.4. The monoisotopic (exact) mass is 633 g/mol. The van der Waals surface area contributed by atoms with Gasteiger partial charge in [-0.2, -0.15) is 26.3 Å². The number of carbonyl (C=O) groups is 3. The van der Waals surface area contributed by atoms with Gasteiger partial charge in [0.2, 0.25) is 5.91 Å². The predicted octanol–water partition coefficient (Wildman–Crippen LogP) is 4.62. The van der Waals surface area contributed by atoms with Crippen molar-refractivity contribution in [3.8, 4) is 0 Å². The summed E-state index contributed by atoms with van der Waals surface area (Å²) in [5, 5.41) is 14.2. The first kappa shape index (κ1) is 34.8. The van der Waals surface area contributed by atoms with Gasteiger partial charge in [0.15, 0.2) is 0 Å². The third-order valence-corrected chi connectivity index (χ3v) is 7.82. The number of piperidine rings is 1. The van der Waals surface area contributed by atoms with Gasteiger partial charge in [-0.3, -0.25) is 14.7 Å². The van der Waals surface area contributed by atoms with Gasteiger partial charge in [0, 0.05) is 38.4 Å². The SMILES string of the molecule is O=C(CC1CC2(CCN(Cc3cccnc3)CC2)c2ccccc21)N1CCOCC1.O=C(O)C(F)(F)F.O=C(O)C(F)(F)F. The first-order valence-electron chi connectivity index (χ1n) is 13.8. The van der Waals surface area contributed by atoms with Crippen LogP contribution in [0, 0.1) is 0 Å². The Bertz CT molecular complexity index is 1240. The topological polar surface area (TPSA) is 120 Å². The second-order valence-electron chi connectivity index (χ2n) is 10.7. The number of likely N-dealkylation sites (tertiary alicyclic amines) is 1. The molecule has 242 valence electrons. The molecule has 1 aromatic heterocycles. The van der Waals surface area contributed by atoms with E-state index in [4.69, 9.17) is 24.5 Å². The zero-order valence-electron chi connectivity index (χ0n) is 23.6. The summed E-state index contributed by atoms with van der Waals surface area (Å²) in [5.41, 5.74) is 4.44. The number of carboxylic acid groups (broad SMARTS) is 2. The van der Waals surface area contributed by atoms with Crippen LogP contribution in [-0.2, 0) is 31.1 Å². The maximum Gasteiger partial charge on any atom is 0.490 e. The molecule has 2 N–H and O–H groups in total. The quantitative estimate of drug-likeness (QED) is 0.469. The van der Waals surface area contributed by atoms with E-state index in [-0.39, 0.29) is 5.41 Å². The molecular formula is C29H33F6N3O6. The van der Waals surface area contributed by atoms with Gasteiger partial charge in [0.1, 0.15) is 0 Å². The van der Waals surface area contributed by atoms with E-state index in [1.54, 1.807) is 0 Å². The summed E-state index contributed by atoms with van der Waals surface area (Å²) in [4.78, 5) is 39.5. The van der Waals surface area contributed by atoms with Crippen LogP contribution < -0.4 is 0 Å². The third kappa shape index (κ3) is 9.64. The number of fused-ring (bicyclic) bond motifs is 2. The molecular weight excluding hydrogens is 600 g/mol. The van der Waals surface area contributed by atoms with E-state index < -0.39 is 24.3 Å². The lowest BCUT2D eigenvalue weighted by atomic mass is 9.73. The van der Waals surface area contributed by atoms with Crippen molar-refractivity contribution in [2.45, 2.75) is 55.9 Å². The average Bonchev–Trinajstić information content (AvgIpc) is 3.27. The minimum absolute atomic E-state index is 0.234. The van der Waals surface area contributed by atoms with E-state index in [2.05, 4.69) is 40.2 Å². The molecule has 1 atom stereocenters.